The lowest BCUT2D eigenvalue weighted by Crippen LogP contribution is -2.22. The van der Waals surface area contributed by atoms with Crippen LogP contribution in [-0.2, 0) is 16.1 Å². The Morgan fingerprint density at radius 2 is 1.74 bits per heavy atom. The van der Waals surface area contributed by atoms with Crippen LogP contribution in [0.25, 0.3) is 0 Å². The smallest absolute Gasteiger partial charge is 0.412 e. The minimum atomic E-state index is -0.722. The molecular formula is C20H22N2O5. The van der Waals surface area contributed by atoms with Crippen LogP contribution in [0.2, 0.25) is 0 Å². The molecule has 142 valence electrons. The van der Waals surface area contributed by atoms with Crippen LogP contribution in [-0.4, -0.2) is 25.0 Å². The highest BCUT2D eigenvalue weighted by Gasteiger charge is 2.20. The summed E-state index contributed by atoms with van der Waals surface area (Å²) in [7, 11) is 1.47. The molecule has 0 aliphatic heterocycles. The number of rotatable bonds is 7. The molecule has 0 fully saturated rings. The predicted molar refractivity (Wildman–Crippen MR) is 101 cm³/mol. The van der Waals surface area contributed by atoms with Gasteiger partial charge in [0.25, 0.3) is 5.91 Å². The molecule has 2 amide bonds. The highest BCUT2D eigenvalue weighted by atomic mass is 16.6. The zero-order valence-electron chi connectivity index (χ0n) is 15.3. The number of para-hydroxylation sites is 1. The third kappa shape index (κ3) is 5.85. The summed E-state index contributed by atoms with van der Waals surface area (Å²) in [6.07, 6.45) is 0.0729. The number of ether oxygens (including phenoxy) is 2. The van der Waals surface area contributed by atoms with Gasteiger partial charge in [-0.15, -0.1) is 0 Å². The minimum Gasteiger partial charge on any atom is -0.444 e. The molecule has 0 unspecified atom stereocenters. The Kier molecular flexibility index (Phi) is 7.37. The van der Waals surface area contributed by atoms with Gasteiger partial charge >= 0.3 is 12.1 Å². The molecule has 0 aliphatic carbocycles. The van der Waals surface area contributed by atoms with E-state index in [0.717, 1.165) is 5.56 Å². The highest BCUT2D eigenvalue weighted by Crippen LogP contribution is 2.30. The van der Waals surface area contributed by atoms with Crippen LogP contribution >= 0.6 is 0 Å². The topological polar surface area (TPSA) is 93.7 Å². The van der Waals surface area contributed by atoms with Crippen molar-refractivity contribution in [2.45, 2.75) is 26.4 Å². The van der Waals surface area contributed by atoms with Crippen molar-refractivity contribution in [1.29, 1.82) is 0 Å². The number of anilines is 1. The fraction of sp³-hybridized carbons (Fsp3) is 0.250. The summed E-state index contributed by atoms with van der Waals surface area (Å²) in [6.45, 7) is 1.93. The number of hydrogen-bond donors (Lipinski definition) is 2. The lowest BCUT2D eigenvalue weighted by atomic mass is 10.1. The first-order valence-electron chi connectivity index (χ1n) is 8.58. The first-order chi connectivity index (χ1) is 13.0. The fourth-order valence-electron chi connectivity index (χ4n) is 2.30. The van der Waals surface area contributed by atoms with Crippen LogP contribution in [0.4, 0.5) is 10.5 Å². The molecule has 2 aromatic rings. The zero-order chi connectivity index (χ0) is 19.6. The van der Waals surface area contributed by atoms with Crippen LogP contribution in [0.5, 0.6) is 5.75 Å². The molecule has 7 nitrogen and oxygen atoms in total. The molecular weight excluding hydrogens is 348 g/mol. The van der Waals surface area contributed by atoms with Crippen molar-refractivity contribution in [2.75, 3.05) is 12.4 Å². The molecule has 0 atom stereocenters. The van der Waals surface area contributed by atoms with Crippen LogP contribution < -0.4 is 15.4 Å². The van der Waals surface area contributed by atoms with E-state index in [4.69, 9.17) is 9.47 Å². The molecule has 0 saturated heterocycles. The molecule has 2 N–H and O–H groups in total. The van der Waals surface area contributed by atoms with Crippen molar-refractivity contribution >= 4 is 23.7 Å². The summed E-state index contributed by atoms with van der Waals surface area (Å²) in [6, 6.07) is 13.8. The van der Waals surface area contributed by atoms with Gasteiger partial charge in [-0.25, -0.2) is 4.79 Å². The number of amides is 2. The van der Waals surface area contributed by atoms with Crippen LogP contribution in [0.1, 0.15) is 35.7 Å². The lowest BCUT2D eigenvalue weighted by Gasteiger charge is -2.15. The molecule has 0 bridgehead atoms. The second-order valence-corrected chi connectivity index (χ2v) is 5.67. The van der Waals surface area contributed by atoms with Gasteiger partial charge in [0.2, 0.25) is 0 Å². The maximum Gasteiger partial charge on any atom is 0.412 e. The summed E-state index contributed by atoms with van der Waals surface area (Å²) < 4.78 is 10.5. The van der Waals surface area contributed by atoms with Crippen LogP contribution in [0, 0.1) is 0 Å². The second kappa shape index (κ2) is 9.96. The van der Waals surface area contributed by atoms with Gasteiger partial charge in [-0.2, -0.15) is 0 Å². The maximum atomic E-state index is 12.1. The van der Waals surface area contributed by atoms with Gasteiger partial charge in [-0.3, -0.25) is 14.9 Å². The number of nitrogens with one attached hydrogen (secondary N) is 2. The maximum absolute atomic E-state index is 12.1. The number of carbonyl (C=O) groups is 3. The van der Waals surface area contributed by atoms with Gasteiger partial charge in [0.05, 0.1) is 11.3 Å². The van der Waals surface area contributed by atoms with Crippen molar-refractivity contribution in [3.8, 4) is 5.75 Å². The summed E-state index contributed by atoms with van der Waals surface area (Å²) >= 11 is 0. The fourth-order valence-corrected chi connectivity index (χ4v) is 2.30. The Hall–Kier alpha value is -3.35. The normalized spacial score (nSPS) is 10.0. The van der Waals surface area contributed by atoms with Gasteiger partial charge < -0.3 is 14.8 Å². The van der Waals surface area contributed by atoms with E-state index in [-0.39, 0.29) is 30.0 Å². The minimum absolute atomic E-state index is 0.00744. The number of carbonyl (C=O) groups excluding carboxylic acids is 3. The van der Waals surface area contributed by atoms with Gasteiger partial charge in [0.15, 0.2) is 5.75 Å². The monoisotopic (exact) mass is 370 g/mol. The molecule has 0 spiro atoms. The van der Waals surface area contributed by atoms with Gasteiger partial charge in [0.1, 0.15) is 6.61 Å². The summed E-state index contributed by atoms with van der Waals surface area (Å²) in [5.41, 5.74) is 1.16. The van der Waals surface area contributed by atoms with Crippen molar-refractivity contribution < 1.29 is 23.9 Å². The quantitative estimate of drug-likeness (QED) is 0.575. The molecule has 7 heteroatoms. The average molecular weight is 370 g/mol. The number of hydrogen-bond acceptors (Lipinski definition) is 5. The summed E-state index contributed by atoms with van der Waals surface area (Å²) in [5.74, 6) is -0.933. The van der Waals surface area contributed by atoms with Gasteiger partial charge in [-0.05, 0) is 24.1 Å². The van der Waals surface area contributed by atoms with E-state index in [2.05, 4.69) is 10.6 Å². The van der Waals surface area contributed by atoms with E-state index in [1.807, 2.05) is 37.3 Å². The second-order valence-electron chi connectivity index (χ2n) is 5.67. The van der Waals surface area contributed by atoms with Crippen LogP contribution in [0.15, 0.2) is 48.5 Å². The Morgan fingerprint density at radius 1 is 1.00 bits per heavy atom. The van der Waals surface area contributed by atoms with Crippen LogP contribution in [0.3, 0.4) is 0 Å². The first-order valence-corrected chi connectivity index (χ1v) is 8.58. The van der Waals surface area contributed by atoms with Crippen molar-refractivity contribution in [2.24, 2.45) is 0 Å². The van der Waals surface area contributed by atoms with E-state index in [9.17, 15) is 14.4 Å². The number of esters is 1. The standard InChI is InChI=1S/C20H22N2O5/c1-3-8-17(23)27-18-15(19(24)21-2)11-7-12-16(18)22-20(25)26-13-14-9-5-4-6-10-14/h4-7,9-12H,3,8,13H2,1-2H3,(H,21,24)(H,22,25). The molecule has 0 heterocycles. The Morgan fingerprint density at radius 3 is 2.41 bits per heavy atom. The summed E-state index contributed by atoms with van der Waals surface area (Å²) in [5, 5.41) is 5.01. The predicted octanol–water partition coefficient (Wildman–Crippen LogP) is 3.50. The molecule has 2 rings (SSSR count). The third-order valence-corrected chi connectivity index (χ3v) is 3.61. The lowest BCUT2D eigenvalue weighted by molar-refractivity contribution is -0.134. The van der Waals surface area contributed by atoms with Crippen molar-refractivity contribution in [3.63, 3.8) is 0 Å². The van der Waals surface area contributed by atoms with Gasteiger partial charge in [0, 0.05) is 13.5 Å². The third-order valence-electron chi connectivity index (χ3n) is 3.61. The van der Waals surface area contributed by atoms with Crippen molar-refractivity contribution in [1.82, 2.24) is 5.32 Å². The van der Waals surface area contributed by atoms with Gasteiger partial charge in [-0.1, -0.05) is 43.3 Å². The summed E-state index contributed by atoms with van der Waals surface area (Å²) in [4.78, 5) is 36.1. The average Bonchev–Trinajstić information content (AvgIpc) is 2.68. The molecule has 0 aliphatic rings. The molecule has 0 saturated carbocycles. The molecule has 0 radical (unpaired) electrons. The van der Waals surface area contributed by atoms with E-state index in [0.29, 0.717) is 6.42 Å². The van der Waals surface area contributed by atoms with E-state index in [1.54, 1.807) is 6.07 Å². The highest BCUT2D eigenvalue weighted by molar-refractivity contribution is 6.01. The Balaban J connectivity index is 2.17. The Labute approximate surface area is 157 Å². The SMILES string of the molecule is CCCC(=O)Oc1c(NC(=O)OCc2ccccc2)cccc1C(=O)NC. The van der Waals surface area contributed by atoms with E-state index < -0.39 is 18.0 Å². The number of benzene rings is 2. The molecule has 2 aromatic carbocycles. The molecule has 0 aromatic heterocycles. The zero-order valence-corrected chi connectivity index (χ0v) is 15.3. The van der Waals surface area contributed by atoms with E-state index in [1.165, 1.54) is 19.2 Å². The largest absolute Gasteiger partial charge is 0.444 e. The Bertz CT molecular complexity index is 805. The first kappa shape index (κ1) is 20.0. The molecule has 27 heavy (non-hydrogen) atoms. The van der Waals surface area contributed by atoms with E-state index >= 15 is 0 Å². The van der Waals surface area contributed by atoms with Crippen molar-refractivity contribution in [3.05, 3.63) is 59.7 Å².